The van der Waals surface area contributed by atoms with Crippen LogP contribution in [0.3, 0.4) is 0 Å². The number of nitrogens with zero attached hydrogens (tertiary/aromatic N) is 1. The normalized spacial score (nSPS) is 28.7. The third-order valence-corrected chi connectivity index (χ3v) is 5.15. The number of rotatable bonds is 4. The maximum Gasteiger partial charge on any atom is 0.00966 e. The maximum atomic E-state index is 3.68. The highest BCUT2D eigenvalue weighted by molar-refractivity contribution is 4.86. The molecule has 2 aliphatic rings. The average Bonchev–Trinajstić information content (AvgIpc) is 2.84. The van der Waals surface area contributed by atoms with Gasteiger partial charge in [-0.2, -0.15) is 0 Å². The van der Waals surface area contributed by atoms with Crippen LogP contribution in [0.2, 0.25) is 0 Å². The van der Waals surface area contributed by atoms with E-state index in [4.69, 9.17) is 0 Å². The van der Waals surface area contributed by atoms with Crippen molar-refractivity contribution in [3.05, 3.63) is 0 Å². The van der Waals surface area contributed by atoms with Crippen molar-refractivity contribution in [1.29, 1.82) is 0 Å². The number of hydrogen-bond donors (Lipinski definition) is 1. The molecule has 112 valence electrons. The Morgan fingerprint density at radius 2 is 1.79 bits per heavy atom. The van der Waals surface area contributed by atoms with Crippen LogP contribution in [0.15, 0.2) is 0 Å². The minimum atomic E-state index is 0.266. The number of likely N-dealkylation sites (tertiary alicyclic amines) is 1. The van der Waals surface area contributed by atoms with Gasteiger partial charge in [0.05, 0.1) is 0 Å². The van der Waals surface area contributed by atoms with Gasteiger partial charge in [0.25, 0.3) is 0 Å². The highest BCUT2D eigenvalue weighted by atomic mass is 15.2. The van der Waals surface area contributed by atoms with Gasteiger partial charge in [0.1, 0.15) is 0 Å². The summed E-state index contributed by atoms with van der Waals surface area (Å²) in [5.41, 5.74) is 0.266. The second-order valence-corrected chi connectivity index (χ2v) is 7.92. The van der Waals surface area contributed by atoms with E-state index in [0.717, 1.165) is 17.9 Å². The lowest BCUT2D eigenvalue weighted by Gasteiger charge is -2.34. The number of hydrogen-bond acceptors (Lipinski definition) is 2. The smallest absolute Gasteiger partial charge is 0.00966 e. The summed E-state index contributed by atoms with van der Waals surface area (Å²) in [5, 5.41) is 3.68. The lowest BCUT2D eigenvalue weighted by atomic mass is 9.84. The third-order valence-electron chi connectivity index (χ3n) is 5.15. The molecule has 1 saturated carbocycles. The molecular weight excluding hydrogens is 232 g/mol. The molecule has 2 atom stereocenters. The quantitative estimate of drug-likeness (QED) is 0.835. The highest BCUT2D eigenvalue weighted by Crippen LogP contribution is 2.31. The molecule has 0 spiro atoms. The fourth-order valence-corrected chi connectivity index (χ4v) is 3.76. The SMILES string of the molecule is CC(C1CCCCC1)N1CCC(CNC(C)(C)C)C1. The lowest BCUT2D eigenvalue weighted by molar-refractivity contribution is 0.151. The predicted molar refractivity (Wildman–Crippen MR) is 83.5 cm³/mol. The van der Waals surface area contributed by atoms with Gasteiger partial charge in [-0.3, -0.25) is 0 Å². The molecule has 2 rings (SSSR count). The van der Waals surface area contributed by atoms with Crippen LogP contribution in [0.1, 0.15) is 66.2 Å². The van der Waals surface area contributed by atoms with Crippen LogP contribution in [-0.4, -0.2) is 36.1 Å². The summed E-state index contributed by atoms with van der Waals surface area (Å²) < 4.78 is 0. The molecule has 0 aromatic carbocycles. The zero-order valence-electron chi connectivity index (χ0n) is 13.5. The molecular formula is C17H34N2. The van der Waals surface area contributed by atoms with Gasteiger partial charge in [0.15, 0.2) is 0 Å². The predicted octanol–water partition coefficient (Wildman–Crippen LogP) is 3.67. The zero-order valence-corrected chi connectivity index (χ0v) is 13.5. The van der Waals surface area contributed by atoms with E-state index in [1.165, 1.54) is 58.2 Å². The largest absolute Gasteiger partial charge is 0.312 e. The van der Waals surface area contributed by atoms with E-state index < -0.39 is 0 Å². The van der Waals surface area contributed by atoms with Crippen molar-refractivity contribution in [2.45, 2.75) is 77.8 Å². The topological polar surface area (TPSA) is 15.3 Å². The Labute approximate surface area is 120 Å². The first-order valence-electron chi connectivity index (χ1n) is 8.45. The third kappa shape index (κ3) is 4.75. The standard InChI is InChI=1S/C17H34N2/c1-14(16-8-6-5-7-9-16)19-11-10-15(13-19)12-18-17(2,3)4/h14-16,18H,5-13H2,1-4H3. The van der Waals surface area contributed by atoms with Crippen LogP contribution in [-0.2, 0) is 0 Å². The summed E-state index contributed by atoms with van der Waals surface area (Å²) >= 11 is 0. The Morgan fingerprint density at radius 3 is 2.42 bits per heavy atom. The van der Waals surface area contributed by atoms with E-state index >= 15 is 0 Å². The molecule has 2 unspecified atom stereocenters. The van der Waals surface area contributed by atoms with Crippen molar-refractivity contribution in [1.82, 2.24) is 10.2 Å². The molecule has 1 aliphatic heterocycles. The summed E-state index contributed by atoms with van der Waals surface area (Å²) in [6, 6.07) is 0.819. The van der Waals surface area contributed by atoms with Gasteiger partial charge in [0.2, 0.25) is 0 Å². The Bertz CT molecular complexity index is 263. The monoisotopic (exact) mass is 266 g/mol. The summed E-state index contributed by atoms with van der Waals surface area (Å²) in [6.07, 6.45) is 8.75. The van der Waals surface area contributed by atoms with Crippen molar-refractivity contribution in [2.75, 3.05) is 19.6 Å². The van der Waals surface area contributed by atoms with Gasteiger partial charge in [-0.05, 0) is 71.9 Å². The van der Waals surface area contributed by atoms with Gasteiger partial charge >= 0.3 is 0 Å². The first-order chi connectivity index (χ1) is 8.96. The molecule has 1 N–H and O–H groups in total. The second kappa shape index (κ2) is 6.58. The highest BCUT2D eigenvalue weighted by Gasteiger charge is 2.31. The molecule has 19 heavy (non-hydrogen) atoms. The summed E-state index contributed by atoms with van der Waals surface area (Å²) in [4.78, 5) is 2.77. The van der Waals surface area contributed by atoms with Crippen molar-refractivity contribution >= 4 is 0 Å². The van der Waals surface area contributed by atoms with E-state index in [0.29, 0.717) is 0 Å². The van der Waals surface area contributed by atoms with Crippen LogP contribution in [0, 0.1) is 11.8 Å². The van der Waals surface area contributed by atoms with Gasteiger partial charge in [0, 0.05) is 18.1 Å². The average molecular weight is 266 g/mol. The Kier molecular flexibility index (Phi) is 5.30. The van der Waals surface area contributed by atoms with Gasteiger partial charge in [-0.15, -0.1) is 0 Å². The molecule has 0 aromatic rings. The minimum absolute atomic E-state index is 0.266. The summed E-state index contributed by atoms with van der Waals surface area (Å²) in [7, 11) is 0. The molecule has 1 heterocycles. The maximum absolute atomic E-state index is 3.68. The molecule has 0 aromatic heterocycles. The first-order valence-corrected chi connectivity index (χ1v) is 8.45. The van der Waals surface area contributed by atoms with Gasteiger partial charge in [-0.25, -0.2) is 0 Å². The molecule has 2 nitrogen and oxygen atoms in total. The first kappa shape index (κ1) is 15.3. The van der Waals surface area contributed by atoms with Gasteiger partial charge < -0.3 is 10.2 Å². The molecule has 0 radical (unpaired) electrons. The van der Waals surface area contributed by atoms with Gasteiger partial charge in [-0.1, -0.05) is 19.3 Å². The zero-order chi connectivity index (χ0) is 13.9. The summed E-state index contributed by atoms with van der Waals surface area (Å²) in [6.45, 7) is 13.1. The Hall–Kier alpha value is -0.0800. The van der Waals surface area contributed by atoms with Crippen molar-refractivity contribution in [3.63, 3.8) is 0 Å². The lowest BCUT2D eigenvalue weighted by Crippen LogP contribution is -2.41. The van der Waals surface area contributed by atoms with Crippen LogP contribution < -0.4 is 5.32 Å². The van der Waals surface area contributed by atoms with E-state index in [1.807, 2.05) is 0 Å². The molecule has 0 bridgehead atoms. The Balaban J connectivity index is 1.74. The second-order valence-electron chi connectivity index (χ2n) is 7.92. The molecule has 2 fully saturated rings. The molecule has 1 aliphatic carbocycles. The van der Waals surface area contributed by atoms with E-state index in [9.17, 15) is 0 Å². The van der Waals surface area contributed by atoms with E-state index in [-0.39, 0.29) is 5.54 Å². The van der Waals surface area contributed by atoms with Crippen LogP contribution in [0.4, 0.5) is 0 Å². The molecule has 2 heteroatoms. The molecule has 1 saturated heterocycles. The fourth-order valence-electron chi connectivity index (χ4n) is 3.76. The van der Waals surface area contributed by atoms with Crippen LogP contribution in [0.25, 0.3) is 0 Å². The van der Waals surface area contributed by atoms with E-state index in [1.54, 1.807) is 0 Å². The van der Waals surface area contributed by atoms with E-state index in [2.05, 4.69) is 37.9 Å². The van der Waals surface area contributed by atoms with Crippen LogP contribution >= 0.6 is 0 Å². The molecule has 0 amide bonds. The van der Waals surface area contributed by atoms with Crippen molar-refractivity contribution < 1.29 is 0 Å². The van der Waals surface area contributed by atoms with Crippen molar-refractivity contribution in [3.8, 4) is 0 Å². The number of nitrogens with one attached hydrogen (secondary N) is 1. The fraction of sp³-hybridized carbons (Fsp3) is 1.00. The summed E-state index contributed by atoms with van der Waals surface area (Å²) in [5.74, 6) is 1.84. The Morgan fingerprint density at radius 1 is 1.11 bits per heavy atom. The minimum Gasteiger partial charge on any atom is -0.312 e. The van der Waals surface area contributed by atoms with Crippen molar-refractivity contribution in [2.24, 2.45) is 11.8 Å². The van der Waals surface area contributed by atoms with Crippen LogP contribution in [0.5, 0.6) is 0 Å².